The molecule has 9 nitrogen and oxygen atoms in total. The number of carbonyl (C=O) groups excluding carboxylic acids is 1. The number of nitrogens with zero attached hydrogens (tertiary/aromatic N) is 4. The average Bonchev–Trinajstić information content (AvgIpc) is 3.42. The number of hydrogen-bond acceptors (Lipinski definition) is 6. The Hall–Kier alpha value is -4.11. The number of hydrogen-bond donors (Lipinski definition) is 2. The number of urea groups is 1. The average molecular weight is 501 g/mol. The fourth-order valence-corrected chi connectivity index (χ4v) is 4.64. The van der Waals surface area contributed by atoms with E-state index in [4.69, 9.17) is 20.2 Å². The van der Waals surface area contributed by atoms with Crippen molar-refractivity contribution in [3.05, 3.63) is 60.3 Å². The van der Waals surface area contributed by atoms with E-state index in [9.17, 15) is 4.79 Å². The predicted octanol–water partition coefficient (Wildman–Crippen LogP) is 4.20. The number of ether oxygens (including phenoxy) is 2. The van der Waals surface area contributed by atoms with Crippen LogP contribution in [0.2, 0.25) is 0 Å². The van der Waals surface area contributed by atoms with Gasteiger partial charge in [-0.1, -0.05) is 30.3 Å². The van der Waals surface area contributed by atoms with E-state index in [1.165, 1.54) is 0 Å². The third-order valence-electron chi connectivity index (χ3n) is 6.68. The molecule has 192 valence electrons. The van der Waals surface area contributed by atoms with Crippen molar-refractivity contribution in [2.24, 2.45) is 0 Å². The lowest BCUT2D eigenvalue weighted by molar-refractivity contribution is 0.0452. The molecule has 1 saturated heterocycles. The topological polar surface area (TPSA) is 110 Å². The van der Waals surface area contributed by atoms with Crippen LogP contribution in [-0.4, -0.2) is 77.8 Å². The SMILES string of the molecule is COc1cc2nc(-c3cc(CCCN(C)C(=O)N4CCOCC4)c[nH]3)nc(N)c2cc1-c1ccccc1. The molecule has 4 aromatic rings. The Morgan fingerprint density at radius 2 is 1.95 bits per heavy atom. The van der Waals surface area contributed by atoms with E-state index in [1.807, 2.05) is 66.7 Å². The molecular formula is C28H32N6O3. The lowest BCUT2D eigenvalue weighted by Crippen LogP contribution is -2.47. The van der Waals surface area contributed by atoms with Crippen LogP contribution in [0.5, 0.6) is 5.75 Å². The maximum Gasteiger partial charge on any atom is 0.319 e. The van der Waals surface area contributed by atoms with Crippen LogP contribution in [0.4, 0.5) is 10.6 Å². The predicted molar refractivity (Wildman–Crippen MR) is 144 cm³/mol. The molecule has 0 aliphatic carbocycles. The zero-order chi connectivity index (χ0) is 25.8. The van der Waals surface area contributed by atoms with Gasteiger partial charge >= 0.3 is 6.03 Å². The van der Waals surface area contributed by atoms with Crippen LogP contribution in [0.15, 0.2) is 54.7 Å². The second-order valence-electron chi connectivity index (χ2n) is 9.20. The van der Waals surface area contributed by atoms with Crippen molar-refractivity contribution < 1.29 is 14.3 Å². The molecular weight excluding hydrogens is 468 g/mol. The lowest BCUT2D eigenvalue weighted by atomic mass is 10.0. The normalized spacial score (nSPS) is 13.6. The molecule has 0 saturated carbocycles. The number of methoxy groups -OCH3 is 1. The van der Waals surface area contributed by atoms with Gasteiger partial charge in [0.15, 0.2) is 5.82 Å². The molecule has 3 heterocycles. The zero-order valence-electron chi connectivity index (χ0n) is 21.2. The molecule has 0 bridgehead atoms. The summed E-state index contributed by atoms with van der Waals surface area (Å²) in [6, 6.07) is 16.0. The van der Waals surface area contributed by atoms with Crippen molar-refractivity contribution in [2.75, 3.05) is 52.7 Å². The second kappa shape index (κ2) is 10.9. The number of anilines is 1. The van der Waals surface area contributed by atoms with E-state index in [2.05, 4.69) is 9.97 Å². The number of rotatable bonds is 7. The van der Waals surface area contributed by atoms with Crippen molar-refractivity contribution >= 4 is 22.8 Å². The van der Waals surface area contributed by atoms with Gasteiger partial charge in [-0.2, -0.15) is 0 Å². The molecule has 1 aliphatic rings. The number of nitrogens with one attached hydrogen (secondary N) is 1. The number of fused-ring (bicyclic) bond motifs is 1. The first-order valence-electron chi connectivity index (χ1n) is 12.5. The van der Waals surface area contributed by atoms with E-state index in [1.54, 1.807) is 12.0 Å². The van der Waals surface area contributed by atoms with E-state index < -0.39 is 0 Å². The molecule has 0 atom stereocenters. The smallest absolute Gasteiger partial charge is 0.319 e. The van der Waals surface area contributed by atoms with Crippen LogP contribution in [0, 0.1) is 0 Å². The van der Waals surface area contributed by atoms with E-state index >= 15 is 0 Å². The number of amides is 2. The Kier molecular flexibility index (Phi) is 7.23. The van der Waals surface area contributed by atoms with E-state index in [-0.39, 0.29) is 6.03 Å². The summed E-state index contributed by atoms with van der Waals surface area (Å²) in [4.78, 5) is 28.8. The van der Waals surface area contributed by atoms with Crippen molar-refractivity contribution in [3.63, 3.8) is 0 Å². The Morgan fingerprint density at radius 3 is 2.70 bits per heavy atom. The fraction of sp³-hybridized carbons (Fsp3) is 0.321. The molecule has 2 amide bonds. The molecule has 5 rings (SSSR count). The van der Waals surface area contributed by atoms with Crippen molar-refractivity contribution in [2.45, 2.75) is 12.8 Å². The number of aryl methyl sites for hydroxylation is 1. The summed E-state index contributed by atoms with van der Waals surface area (Å²) < 4.78 is 11.0. The van der Waals surface area contributed by atoms with Gasteiger partial charge in [-0.3, -0.25) is 0 Å². The number of morpholine rings is 1. The van der Waals surface area contributed by atoms with E-state index in [0.29, 0.717) is 44.5 Å². The maximum absolute atomic E-state index is 12.6. The first-order chi connectivity index (χ1) is 18.0. The first kappa shape index (κ1) is 24.6. The molecule has 0 unspecified atom stereocenters. The molecule has 0 spiro atoms. The molecule has 0 radical (unpaired) electrons. The molecule has 1 aliphatic heterocycles. The minimum absolute atomic E-state index is 0.0592. The molecule has 3 N–H and O–H groups in total. The van der Waals surface area contributed by atoms with Gasteiger partial charge in [0.05, 0.1) is 31.5 Å². The molecule has 2 aromatic carbocycles. The minimum Gasteiger partial charge on any atom is -0.496 e. The summed E-state index contributed by atoms with van der Waals surface area (Å²) in [5, 5.41) is 0.781. The third-order valence-corrected chi connectivity index (χ3v) is 6.68. The van der Waals surface area contributed by atoms with Gasteiger partial charge in [-0.15, -0.1) is 0 Å². The number of nitrogen functional groups attached to an aromatic ring is 1. The number of carbonyl (C=O) groups is 1. The summed E-state index contributed by atoms with van der Waals surface area (Å²) in [5.74, 6) is 1.68. The fourth-order valence-electron chi connectivity index (χ4n) is 4.64. The largest absolute Gasteiger partial charge is 0.496 e. The summed E-state index contributed by atoms with van der Waals surface area (Å²) in [6.45, 7) is 3.19. The number of nitrogens with two attached hydrogens (primary N) is 1. The molecule has 1 fully saturated rings. The highest BCUT2D eigenvalue weighted by Crippen LogP contribution is 2.35. The quantitative estimate of drug-likeness (QED) is 0.394. The highest BCUT2D eigenvalue weighted by Gasteiger charge is 2.20. The maximum atomic E-state index is 12.6. The Bertz CT molecular complexity index is 1380. The summed E-state index contributed by atoms with van der Waals surface area (Å²) in [5.41, 5.74) is 11.0. The van der Waals surface area contributed by atoms with Gasteiger partial charge in [0.1, 0.15) is 11.6 Å². The van der Waals surface area contributed by atoms with Crippen LogP contribution in [0.25, 0.3) is 33.5 Å². The summed E-state index contributed by atoms with van der Waals surface area (Å²) in [7, 11) is 3.51. The summed E-state index contributed by atoms with van der Waals surface area (Å²) in [6.07, 6.45) is 3.64. The number of aromatic nitrogens is 3. The van der Waals surface area contributed by atoms with E-state index in [0.717, 1.165) is 51.9 Å². The first-order valence-corrected chi connectivity index (χ1v) is 12.5. The van der Waals surface area contributed by atoms with Crippen LogP contribution < -0.4 is 10.5 Å². The summed E-state index contributed by atoms with van der Waals surface area (Å²) >= 11 is 0. The highest BCUT2D eigenvalue weighted by atomic mass is 16.5. The van der Waals surface area contributed by atoms with Gasteiger partial charge in [0.2, 0.25) is 0 Å². The van der Waals surface area contributed by atoms with Crippen LogP contribution in [-0.2, 0) is 11.2 Å². The second-order valence-corrected chi connectivity index (χ2v) is 9.20. The molecule has 2 aromatic heterocycles. The highest BCUT2D eigenvalue weighted by molar-refractivity contribution is 5.95. The lowest BCUT2D eigenvalue weighted by Gasteiger charge is -2.31. The van der Waals surface area contributed by atoms with Gasteiger partial charge in [0.25, 0.3) is 0 Å². The Balaban J connectivity index is 1.29. The number of H-pyrrole nitrogens is 1. The van der Waals surface area contributed by atoms with Gasteiger partial charge in [0, 0.05) is 49.9 Å². The Labute approximate surface area is 216 Å². The monoisotopic (exact) mass is 500 g/mol. The van der Waals surface area contributed by atoms with Crippen LogP contribution >= 0.6 is 0 Å². The van der Waals surface area contributed by atoms with Gasteiger partial charge in [-0.05, 0) is 36.1 Å². The molecule has 37 heavy (non-hydrogen) atoms. The van der Waals surface area contributed by atoms with Crippen LogP contribution in [0.1, 0.15) is 12.0 Å². The minimum atomic E-state index is 0.0592. The molecule has 9 heteroatoms. The Morgan fingerprint density at radius 1 is 1.16 bits per heavy atom. The zero-order valence-corrected chi connectivity index (χ0v) is 21.2. The van der Waals surface area contributed by atoms with Crippen molar-refractivity contribution in [1.29, 1.82) is 0 Å². The third kappa shape index (κ3) is 5.36. The van der Waals surface area contributed by atoms with Crippen molar-refractivity contribution in [1.82, 2.24) is 24.8 Å². The standard InChI is InChI=1S/C28H32N6O3/c1-33(28(35)34-11-13-37-14-12-34)10-6-7-19-15-24(30-18-19)27-31-23-17-25(36-2)21(16-22(23)26(29)32-27)20-8-4-3-5-9-20/h3-5,8-9,15-18,30H,6-7,10-14H2,1-2H3,(H2,29,31,32). The van der Waals surface area contributed by atoms with Gasteiger partial charge < -0.3 is 30.0 Å². The number of aromatic amines is 1. The van der Waals surface area contributed by atoms with Gasteiger partial charge in [-0.25, -0.2) is 14.8 Å². The number of benzene rings is 2. The van der Waals surface area contributed by atoms with Crippen molar-refractivity contribution in [3.8, 4) is 28.4 Å². The van der Waals surface area contributed by atoms with Crippen LogP contribution in [0.3, 0.4) is 0 Å².